The summed E-state index contributed by atoms with van der Waals surface area (Å²) < 4.78 is 5.53. The second kappa shape index (κ2) is 7.00. The Bertz CT molecular complexity index is 1120. The molecule has 0 atom stereocenters. The second-order valence-corrected chi connectivity index (χ2v) is 5.43. The van der Waals surface area contributed by atoms with Crippen LogP contribution in [-0.2, 0) is 0 Å². The molecule has 1 aromatic carbocycles. The lowest BCUT2D eigenvalue weighted by molar-refractivity contribution is -0.385. The van der Waals surface area contributed by atoms with Crippen LogP contribution in [-0.4, -0.2) is 24.9 Å². The smallest absolute Gasteiger partial charge is 0.373 e. The van der Waals surface area contributed by atoms with Gasteiger partial charge >= 0.3 is 11.6 Å². The van der Waals surface area contributed by atoms with E-state index < -0.39 is 4.92 Å². The Hall–Kier alpha value is -4.14. The molecule has 3 aromatic heterocycles. The number of aromatic nitrogens is 4. The van der Waals surface area contributed by atoms with Crippen molar-refractivity contribution in [3.63, 3.8) is 0 Å². The van der Waals surface area contributed by atoms with Crippen LogP contribution in [0.4, 0.5) is 17.2 Å². The average molecular weight is 360 g/mol. The summed E-state index contributed by atoms with van der Waals surface area (Å²) in [5.74, 6) is 0.155. The highest BCUT2D eigenvalue weighted by molar-refractivity contribution is 5.92. The number of hydrogen-bond donors (Lipinski definition) is 1. The van der Waals surface area contributed by atoms with Gasteiger partial charge in [-0.15, -0.1) is 0 Å². The molecule has 0 radical (unpaired) electrons. The van der Waals surface area contributed by atoms with E-state index in [1.165, 1.54) is 12.5 Å². The second-order valence-electron chi connectivity index (χ2n) is 5.43. The van der Waals surface area contributed by atoms with E-state index in [1.54, 1.807) is 30.6 Å². The van der Waals surface area contributed by atoms with E-state index in [4.69, 9.17) is 4.74 Å². The summed E-state index contributed by atoms with van der Waals surface area (Å²) >= 11 is 0. The summed E-state index contributed by atoms with van der Waals surface area (Å²) in [6.07, 6.45) is 5.85. The van der Waals surface area contributed by atoms with Gasteiger partial charge in [-0.25, -0.2) is 4.98 Å². The topological polar surface area (TPSA) is 116 Å². The summed E-state index contributed by atoms with van der Waals surface area (Å²) in [5.41, 5.74) is 0.874. The maximum Gasteiger partial charge on any atom is 0.373 e. The molecule has 0 aliphatic heterocycles. The minimum Gasteiger partial charge on any atom is -0.432 e. The van der Waals surface area contributed by atoms with Crippen molar-refractivity contribution in [1.29, 1.82) is 0 Å². The lowest BCUT2D eigenvalue weighted by Crippen LogP contribution is -2.04. The number of benzene rings is 1. The van der Waals surface area contributed by atoms with Crippen LogP contribution in [0.2, 0.25) is 0 Å². The molecule has 0 unspecified atom stereocenters. The Kier molecular flexibility index (Phi) is 4.24. The molecule has 4 rings (SSSR count). The number of anilines is 2. The molecule has 0 aliphatic rings. The normalized spacial score (nSPS) is 10.5. The number of rotatable bonds is 5. The quantitative estimate of drug-likeness (QED) is 0.421. The molecule has 0 amide bonds. The number of pyridine rings is 2. The molecule has 27 heavy (non-hydrogen) atoms. The predicted molar refractivity (Wildman–Crippen MR) is 98.0 cm³/mol. The Morgan fingerprint density at radius 1 is 1.00 bits per heavy atom. The Morgan fingerprint density at radius 2 is 1.85 bits per heavy atom. The van der Waals surface area contributed by atoms with Gasteiger partial charge in [-0.3, -0.25) is 20.1 Å². The Morgan fingerprint density at radius 3 is 2.67 bits per heavy atom. The fraction of sp³-hybridized carbons (Fsp3) is 0. The Labute approximate surface area is 152 Å². The third-order valence-electron chi connectivity index (χ3n) is 3.71. The van der Waals surface area contributed by atoms with Crippen molar-refractivity contribution in [3.8, 4) is 11.6 Å². The molecule has 0 aliphatic carbocycles. The van der Waals surface area contributed by atoms with Gasteiger partial charge in [0.25, 0.3) is 0 Å². The van der Waals surface area contributed by atoms with Crippen LogP contribution in [0.3, 0.4) is 0 Å². The monoisotopic (exact) mass is 360 g/mol. The van der Waals surface area contributed by atoms with Crippen molar-refractivity contribution in [2.24, 2.45) is 0 Å². The number of hydrogen-bond acceptors (Lipinski definition) is 8. The van der Waals surface area contributed by atoms with Crippen LogP contribution in [0.1, 0.15) is 0 Å². The first-order valence-corrected chi connectivity index (χ1v) is 7.90. The van der Waals surface area contributed by atoms with Gasteiger partial charge < -0.3 is 10.1 Å². The minimum absolute atomic E-state index is 0.00652. The van der Waals surface area contributed by atoms with Gasteiger partial charge in [0.2, 0.25) is 5.82 Å². The Balaban J connectivity index is 1.76. The van der Waals surface area contributed by atoms with Gasteiger partial charge in [0.05, 0.1) is 22.3 Å². The maximum absolute atomic E-state index is 11.7. The number of fused-ring (bicyclic) bond motifs is 1. The summed E-state index contributed by atoms with van der Waals surface area (Å²) in [5, 5.41) is 15.5. The summed E-state index contributed by atoms with van der Waals surface area (Å²) in [6, 6.07) is 12.5. The molecule has 9 nitrogen and oxygen atoms in total. The summed E-state index contributed by atoms with van der Waals surface area (Å²) in [6.45, 7) is 0. The van der Waals surface area contributed by atoms with E-state index in [2.05, 4.69) is 25.3 Å². The van der Waals surface area contributed by atoms with Crippen molar-refractivity contribution in [1.82, 2.24) is 19.9 Å². The third kappa shape index (κ3) is 3.33. The molecule has 0 fully saturated rings. The van der Waals surface area contributed by atoms with E-state index in [0.29, 0.717) is 17.0 Å². The van der Waals surface area contributed by atoms with Crippen LogP contribution in [0.25, 0.3) is 10.9 Å². The molecule has 4 aromatic rings. The molecule has 0 bridgehead atoms. The molecule has 132 valence electrons. The first-order chi connectivity index (χ1) is 13.2. The molecular formula is C18H12N6O3. The largest absolute Gasteiger partial charge is 0.432 e. The first-order valence-electron chi connectivity index (χ1n) is 7.90. The van der Waals surface area contributed by atoms with Crippen molar-refractivity contribution >= 4 is 28.1 Å². The lowest BCUT2D eigenvalue weighted by Gasteiger charge is -2.10. The highest BCUT2D eigenvalue weighted by Gasteiger charge is 2.25. The number of nitrogens with zero attached hydrogens (tertiary/aromatic N) is 5. The molecule has 0 spiro atoms. The number of nitrogens with one attached hydrogen (secondary N) is 1. The average Bonchev–Trinajstić information content (AvgIpc) is 2.69. The van der Waals surface area contributed by atoms with Crippen LogP contribution >= 0.6 is 0 Å². The predicted octanol–water partition coefficient (Wildman–Crippen LogP) is 3.86. The van der Waals surface area contributed by atoms with Gasteiger partial charge in [-0.05, 0) is 24.3 Å². The SMILES string of the molecule is O=[N+]([O-])c1c(Nc2cccc3cccnc23)ncnc1Oc1cccnc1. The number of ether oxygens (including phenoxy) is 1. The fourth-order valence-corrected chi connectivity index (χ4v) is 2.55. The van der Waals surface area contributed by atoms with Crippen molar-refractivity contribution < 1.29 is 9.66 Å². The van der Waals surface area contributed by atoms with Crippen LogP contribution < -0.4 is 10.1 Å². The summed E-state index contributed by atoms with van der Waals surface area (Å²) in [4.78, 5) is 27.2. The molecule has 1 N–H and O–H groups in total. The minimum atomic E-state index is -0.591. The van der Waals surface area contributed by atoms with E-state index in [9.17, 15) is 10.1 Å². The van der Waals surface area contributed by atoms with E-state index in [1.807, 2.05) is 24.3 Å². The first kappa shape index (κ1) is 16.3. The standard InChI is InChI=1S/C18H12N6O3/c25-24(26)16-17(21-11-22-18(16)27-13-6-3-8-19-10-13)23-14-7-1-4-12-5-2-9-20-15(12)14/h1-11H,(H,21,22,23). The molecular weight excluding hydrogens is 348 g/mol. The lowest BCUT2D eigenvalue weighted by atomic mass is 10.2. The van der Waals surface area contributed by atoms with E-state index in [-0.39, 0.29) is 17.4 Å². The molecule has 0 saturated heterocycles. The molecule has 3 heterocycles. The van der Waals surface area contributed by atoms with Gasteiger partial charge in [0.15, 0.2) is 0 Å². The number of nitro groups is 1. The third-order valence-corrected chi connectivity index (χ3v) is 3.71. The van der Waals surface area contributed by atoms with Gasteiger partial charge in [-0.1, -0.05) is 18.2 Å². The van der Waals surface area contributed by atoms with Crippen LogP contribution in [0.5, 0.6) is 11.6 Å². The fourth-order valence-electron chi connectivity index (χ4n) is 2.55. The van der Waals surface area contributed by atoms with E-state index >= 15 is 0 Å². The maximum atomic E-state index is 11.7. The van der Waals surface area contributed by atoms with Crippen molar-refractivity contribution in [3.05, 3.63) is 77.5 Å². The zero-order valence-corrected chi connectivity index (χ0v) is 13.8. The van der Waals surface area contributed by atoms with E-state index in [0.717, 1.165) is 5.39 Å². The van der Waals surface area contributed by atoms with Gasteiger partial charge in [0, 0.05) is 17.8 Å². The molecule has 0 saturated carbocycles. The van der Waals surface area contributed by atoms with Crippen molar-refractivity contribution in [2.75, 3.05) is 5.32 Å². The highest BCUT2D eigenvalue weighted by Crippen LogP contribution is 2.36. The highest BCUT2D eigenvalue weighted by atomic mass is 16.6. The zero-order chi connectivity index (χ0) is 18.6. The van der Waals surface area contributed by atoms with Gasteiger partial charge in [-0.2, -0.15) is 4.98 Å². The zero-order valence-electron chi connectivity index (χ0n) is 13.8. The molecule has 9 heteroatoms. The number of para-hydroxylation sites is 1. The van der Waals surface area contributed by atoms with Crippen LogP contribution in [0.15, 0.2) is 67.4 Å². The van der Waals surface area contributed by atoms with Gasteiger partial charge in [0.1, 0.15) is 12.1 Å². The van der Waals surface area contributed by atoms with Crippen LogP contribution in [0, 0.1) is 10.1 Å². The summed E-state index contributed by atoms with van der Waals surface area (Å²) in [7, 11) is 0. The van der Waals surface area contributed by atoms with Crippen molar-refractivity contribution in [2.45, 2.75) is 0 Å².